The molecule has 1 fully saturated rings. The second-order valence-electron chi connectivity index (χ2n) is 6.95. The average Bonchev–Trinajstić information content (AvgIpc) is 2.69. The van der Waals surface area contributed by atoms with Crippen molar-refractivity contribution in [3.63, 3.8) is 0 Å². The van der Waals surface area contributed by atoms with E-state index in [0.717, 1.165) is 0 Å². The highest BCUT2D eigenvalue weighted by Gasteiger charge is 2.48. The fourth-order valence-electron chi connectivity index (χ4n) is 2.35. The Morgan fingerprint density at radius 3 is 2.41 bits per heavy atom. The number of amides is 1. The van der Waals surface area contributed by atoms with Crippen LogP contribution in [0.5, 0.6) is 0 Å². The molecule has 0 spiro atoms. The van der Waals surface area contributed by atoms with Gasteiger partial charge in [0.05, 0.1) is 24.9 Å². The van der Waals surface area contributed by atoms with Gasteiger partial charge in [-0.3, -0.25) is 4.90 Å². The van der Waals surface area contributed by atoms with E-state index in [2.05, 4.69) is 13.2 Å². The monoisotopic (exact) mass is 311 g/mol. The molecule has 5 heteroatoms. The van der Waals surface area contributed by atoms with Gasteiger partial charge in [-0.2, -0.15) is 0 Å². The van der Waals surface area contributed by atoms with E-state index >= 15 is 0 Å². The molecule has 0 aromatic carbocycles. The summed E-state index contributed by atoms with van der Waals surface area (Å²) in [6, 6.07) is -0.287. The van der Waals surface area contributed by atoms with Gasteiger partial charge in [0.1, 0.15) is 11.3 Å². The van der Waals surface area contributed by atoms with Crippen molar-refractivity contribution in [3.05, 3.63) is 25.3 Å². The SMILES string of the molecule is C=CC(C)O[C@H](C=C)[C@H]1COC(C)(C)N1C(=O)OC(C)(C)C. The second-order valence-corrected chi connectivity index (χ2v) is 6.95. The van der Waals surface area contributed by atoms with Crippen LogP contribution in [0.2, 0.25) is 0 Å². The molecule has 1 amide bonds. The Hall–Kier alpha value is -1.33. The summed E-state index contributed by atoms with van der Waals surface area (Å²) < 4.78 is 17.2. The van der Waals surface area contributed by atoms with Crippen LogP contribution in [0.25, 0.3) is 0 Å². The first kappa shape index (κ1) is 18.7. The zero-order valence-corrected chi connectivity index (χ0v) is 14.6. The van der Waals surface area contributed by atoms with E-state index in [1.165, 1.54) is 0 Å². The first-order valence-electron chi connectivity index (χ1n) is 7.58. The van der Waals surface area contributed by atoms with E-state index in [0.29, 0.717) is 6.61 Å². The van der Waals surface area contributed by atoms with E-state index in [1.807, 2.05) is 41.5 Å². The largest absolute Gasteiger partial charge is 0.444 e. The fourth-order valence-corrected chi connectivity index (χ4v) is 2.35. The molecule has 1 unspecified atom stereocenters. The summed E-state index contributed by atoms with van der Waals surface area (Å²) in [6.07, 6.45) is 2.47. The van der Waals surface area contributed by atoms with Crippen LogP contribution in [0, 0.1) is 0 Å². The first-order valence-corrected chi connectivity index (χ1v) is 7.58. The highest BCUT2D eigenvalue weighted by Crippen LogP contribution is 2.32. The zero-order chi connectivity index (χ0) is 17.1. The number of hydrogen-bond acceptors (Lipinski definition) is 4. The highest BCUT2D eigenvalue weighted by atomic mass is 16.6. The molecule has 1 aliphatic rings. The van der Waals surface area contributed by atoms with Gasteiger partial charge in [-0.25, -0.2) is 4.79 Å². The van der Waals surface area contributed by atoms with Crippen LogP contribution in [0.4, 0.5) is 4.79 Å². The van der Waals surface area contributed by atoms with Crippen molar-refractivity contribution >= 4 is 6.09 Å². The van der Waals surface area contributed by atoms with Crippen molar-refractivity contribution in [1.29, 1.82) is 0 Å². The predicted octanol–water partition coefficient (Wildman–Crippen LogP) is 3.50. The molecule has 0 saturated carbocycles. The maximum atomic E-state index is 12.6. The van der Waals surface area contributed by atoms with Crippen molar-refractivity contribution in [2.45, 2.75) is 71.1 Å². The minimum absolute atomic E-state index is 0.146. The molecule has 3 atom stereocenters. The Morgan fingerprint density at radius 1 is 1.36 bits per heavy atom. The molecule has 1 heterocycles. The van der Waals surface area contributed by atoms with Crippen LogP contribution in [0.1, 0.15) is 41.5 Å². The van der Waals surface area contributed by atoms with Gasteiger partial charge in [0.25, 0.3) is 0 Å². The lowest BCUT2D eigenvalue weighted by atomic mass is 10.1. The minimum Gasteiger partial charge on any atom is -0.444 e. The number of ether oxygens (including phenoxy) is 3. The normalized spacial score (nSPS) is 23.7. The molecule has 22 heavy (non-hydrogen) atoms. The lowest BCUT2D eigenvalue weighted by Gasteiger charge is -2.37. The van der Waals surface area contributed by atoms with Gasteiger partial charge in [0.2, 0.25) is 0 Å². The summed E-state index contributed by atoms with van der Waals surface area (Å²) in [7, 11) is 0. The molecule has 0 bridgehead atoms. The zero-order valence-electron chi connectivity index (χ0n) is 14.6. The van der Waals surface area contributed by atoms with Gasteiger partial charge < -0.3 is 14.2 Å². The second kappa shape index (κ2) is 6.84. The summed E-state index contributed by atoms with van der Waals surface area (Å²) >= 11 is 0. The van der Waals surface area contributed by atoms with Crippen molar-refractivity contribution in [1.82, 2.24) is 4.90 Å². The number of carbonyl (C=O) groups excluding carboxylic acids is 1. The number of hydrogen-bond donors (Lipinski definition) is 0. The Kier molecular flexibility index (Phi) is 5.82. The Morgan fingerprint density at radius 2 is 1.95 bits per heavy atom. The maximum Gasteiger partial charge on any atom is 0.413 e. The molecule has 0 aliphatic carbocycles. The molecular formula is C17H29NO4. The molecule has 0 aromatic rings. The van der Waals surface area contributed by atoms with Gasteiger partial charge in [0.15, 0.2) is 0 Å². The lowest BCUT2D eigenvalue weighted by Crippen LogP contribution is -2.53. The third kappa shape index (κ3) is 4.58. The Balaban J connectivity index is 2.99. The van der Waals surface area contributed by atoms with Gasteiger partial charge >= 0.3 is 6.09 Å². The molecule has 0 aromatic heterocycles. The van der Waals surface area contributed by atoms with Gasteiger partial charge in [0, 0.05) is 0 Å². The van der Waals surface area contributed by atoms with E-state index in [-0.39, 0.29) is 18.2 Å². The van der Waals surface area contributed by atoms with E-state index in [9.17, 15) is 4.79 Å². The summed E-state index contributed by atoms with van der Waals surface area (Å²) in [5.41, 5.74) is -1.33. The Labute approximate surface area is 133 Å². The topological polar surface area (TPSA) is 48.0 Å². The summed E-state index contributed by atoms with van der Waals surface area (Å²) in [5.74, 6) is 0. The molecule has 0 N–H and O–H groups in total. The van der Waals surface area contributed by atoms with E-state index in [4.69, 9.17) is 14.2 Å². The maximum absolute atomic E-state index is 12.6. The van der Waals surface area contributed by atoms with Crippen LogP contribution in [-0.4, -0.2) is 47.2 Å². The average molecular weight is 311 g/mol. The van der Waals surface area contributed by atoms with Gasteiger partial charge in [-0.1, -0.05) is 12.2 Å². The molecule has 126 valence electrons. The van der Waals surface area contributed by atoms with Crippen molar-refractivity contribution in [3.8, 4) is 0 Å². The van der Waals surface area contributed by atoms with Crippen LogP contribution < -0.4 is 0 Å². The molecule has 1 saturated heterocycles. The minimum atomic E-state index is -0.755. The predicted molar refractivity (Wildman–Crippen MR) is 86.6 cm³/mol. The van der Waals surface area contributed by atoms with E-state index < -0.39 is 17.4 Å². The lowest BCUT2D eigenvalue weighted by molar-refractivity contribution is -0.0709. The van der Waals surface area contributed by atoms with Gasteiger partial charge in [-0.05, 0) is 41.5 Å². The highest BCUT2D eigenvalue weighted by molar-refractivity contribution is 5.70. The molecule has 5 nitrogen and oxygen atoms in total. The number of carbonyl (C=O) groups is 1. The Bertz CT molecular complexity index is 425. The molecular weight excluding hydrogens is 282 g/mol. The molecule has 1 rings (SSSR count). The summed E-state index contributed by atoms with van der Waals surface area (Å²) in [5, 5.41) is 0. The van der Waals surface area contributed by atoms with Crippen LogP contribution >= 0.6 is 0 Å². The smallest absolute Gasteiger partial charge is 0.413 e. The molecule has 0 radical (unpaired) electrons. The first-order chi connectivity index (χ1) is 10.0. The van der Waals surface area contributed by atoms with Crippen molar-refractivity contribution in [2.75, 3.05) is 6.61 Å². The van der Waals surface area contributed by atoms with Crippen LogP contribution in [0.3, 0.4) is 0 Å². The summed E-state index contributed by atoms with van der Waals surface area (Å²) in [6.45, 7) is 19.0. The quantitative estimate of drug-likeness (QED) is 0.729. The third-order valence-electron chi connectivity index (χ3n) is 3.42. The standard InChI is InChI=1S/C17H29NO4/c1-9-12(3)21-14(10-2)13-11-20-17(7,8)18(13)15(19)22-16(4,5)6/h9-10,12-14H,1-2,11H2,3-8H3/t12?,13-,14-/m1/s1. The van der Waals surface area contributed by atoms with Crippen LogP contribution in [0.15, 0.2) is 25.3 Å². The summed E-state index contributed by atoms with van der Waals surface area (Å²) in [4.78, 5) is 14.2. The molecule has 1 aliphatic heterocycles. The van der Waals surface area contributed by atoms with Crippen LogP contribution in [-0.2, 0) is 14.2 Å². The number of nitrogens with zero attached hydrogens (tertiary/aromatic N) is 1. The van der Waals surface area contributed by atoms with Crippen molar-refractivity contribution in [2.24, 2.45) is 0 Å². The number of rotatable bonds is 5. The fraction of sp³-hybridized carbons (Fsp3) is 0.706. The van der Waals surface area contributed by atoms with Crippen molar-refractivity contribution < 1.29 is 19.0 Å². The third-order valence-corrected chi connectivity index (χ3v) is 3.42. The van der Waals surface area contributed by atoms with Gasteiger partial charge in [-0.15, -0.1) is 13.2 Å². The van der Waals surface area contributed by atoms with E-state index in [1.54, 1.807) is 17.1 Å².